The highest BCUT2D eigenvalue weighted by Crippen LogP contribution is 2.44. The van der Waals surface area contributed by atoms with Crippen LogP contribution in [0.2, 0.25) is 0 Å². The molecule has 3 aromatic carbocycles. The lowest BCUT2D eigenvalue weighted by atomic mass is 9.83. The zero-order chi connectivity index (χ0) is 35.7. The molecule has 0 aliphatic heterocycles. The molecule has 0 fully saturated rings. The second-order valence-electron chi connectivity index (χ2n) is 11.9. The molecule has 4 aromatic rings. The molecule has 0 bridgehead atoms. The van der Waals surface area contributed by atoms with E-state index in [1.54, 1.807) is 24.3 Å². The maximum atomic E-state index is 14.3. The van der Waals surface area contributed by atoms with Crippen LogP contribution in [0.1, 0.15) is 81.8 Å². The van der Waals surface area contributed by atoms with Crippen molar-refractivity contribution in [2.24, 2.45) is 7.05 Å². The Morgan fingerprint density at radius 3 is 2.16 bits per heavy atom. The van der Waals surface area contributed by atoms with Gasteiger partial charge < -0.3 is 4.90 Å². The van der Waals surface area contributed by atoms with Crippen LogP contribution in [0.15, 0.2) is 60.7 Å². The summed E-state index contributed by atoms with van der Waals surface area (Å²) in [4.78, 5) is 2.46. The number of halogens is 9. The number of rotatable bonds is 7. The quantitative estimate of drug-likeness (QED) is 0.181. The van der Waals surface area contributed by atoms with Gasteiger partial charge in [0.1, 0.15) is 0 Å². The summed E-state index contributed by atoms with van der Waals surface area (Å²) in [5, 5.41) is 21.3. The number of hydrogen-bond donors (Lipinski definition) is 0. The number of tetrazole rings is 1. The van der Waals surface area contributed by atoms with Crippen molar-refractivity contribution in [2.45, 2.75) is 70.1 Å². The maximum absolute atomic E-state index is 14.3. The van der Waals surface area contributed by atoms with Gasteiger partial charge in [0.25, 0.3) is 5.95 Å². The molecule has 0 saturated carbocycles. The second-order valence-corrected chi connectivity index (χ2v) is 11.9. The number of fused-ring (bicyclic) bond motifs is 1. The van der Waals surface area contributed by atoms with Crippen LogP contribution >= 0.6 is 0 Å². The molecular weight excluding hydrogens is 663 g/mol. The molecule has 258 valence electrons. The van der Waals surface area contributed by atoms with Gasteiger partial charge in [-0.15, -0.1) is 5.10 Å². The third-order valence-corrected chi connectivity index (χ3v) is 8.35. The number of allylic oxidation sites excluding steroid dienone is 2. The average molecular weight is 693 g/mol. The lowest BCUT2D eigenvalue weighted by molar-refractivity contribution is -0.143. The molecule has 0 amide bonds. The fourth-order valence-corrected chi connectivity index (χ4v) is 6.09. The van der Waals surface area contributed by atoms with Gasteiger partial charge in [-0.05, 0) is 114 Å². The monoisotopic (exact) mass is 692 g/mol. The highest BCUT2D eigenvalue weighted by Gasteiger charge is 2.39. The summed E-state index contributed by atoms with van der Waals surface area (Å²) in [5.41, 5.74) is -1.91. The van der Waals surface area contributed by atoms with E-state index in [2.05, 4.69) is 21.5 Å². The van der Waals surface area contributed by atoms with E-state index in [9.17, 15) is 44.8 Å². The van der Waals surface area contributed by atoms with Crippen molar-refractivity contribution >= 4 is 11.5 Å². The number of hydrogen-bond acceptors (Lipinski definition) is 5. The Bertz CT molecular complexity index is 1870. The van der Waals surface area contributed by atoms with Crippen molar-refractivity contribution in [2.75, 3.05) is 4.90 Å². The van der Waals surface area contributed by atoms with Crippen LogP contribution < -0.4 is 4.90 Å². The molecule has 1 aromatic heterocycles. The van der Waals surface area contributed by atoms with Crippen molar-refractivity contribution in [3.05, 3.63) is 111 Å². The Kier molecular flexibility index (Phi) is 9.81. The Hall–Kier alpha value is -4.87. The van der Waals surface area contributed by atoms with Crippen LogP contribution in [0.4, 0.5) is 45.5 Å². The SMILES string of the molecule is Cc1cc2c(cc1C(F)(F)F)/C(CCc1cccc(C#N)c1)=C\CCC[C@@H]2N(Cc1cc(C(F)(F)F)cc(C(F)(F)F)c1)c1nnn(C)n1. The van der Waals surface area contributed by atoms with E-state index < -0.39 is 47.8 Å². The topological polar surface area (TPSA) is 70.6 Å². The Balaban J connectivity index is 1.66. The molecule has 0 spiro atoms. The zero-order valence-corrected chi connectivity index (χ0v) is 26.2. The third-order valence-electron chi connectivity index (χ3n) is 8.35. The number of aromatic nitrogens is 4. The molecule has 0 N–H and O–H groups in total. The van der Waals surface area contributed by atoms with Gasteiger partial charge in [-0.25, -0.2) is 0 Å². The van der Waals surface area contributed by atoms with Gasteiger partial charge in [0.05, 0.1) is 41.4 Å². The van der Waals surface area contributed by atoms with E-state index in [4.69, 9.17) is 0 Å². The highest BCUT2D eigenvalue weighted by molar-refractivity contribution is 5.71. The molecule has 0 unspecified atom stereocenters. The van der Waals surface area contributed by atoms with Crippen molar-refractivity contribution < 1.29 is 39.5 Å². The Morgan fingerprint density at radius 2 is 1.57 bits per heavy atom. The first-order valence-electron chi connectivity index (χ1n) is 15.1. The van der Waals surface area contributed by atoms with E-state index in [0.29, 0.717) is 54.5 Å². The summed E-state index contributed by atoms with van der Waals surface area (Å²) in [6.07, 6.45) is -11.2. The standard InChI is InChI=1S/C34H29F9N6/c1-20-12-28-27(17-29(20)34(41,42)43)24(11-10-21-6-5-7-22(13-21)18-44)8-3-4-9-30(28)49(31-45-47-48(2)46-31)19-23-14-25(32(35,36)37)16-26(15-23)33(38,39)40/h5-8,12-17,30H,3-4,9-11,19H2,1-2H3/b24-8-/t30-/m0/s1. The Labute approximate surface area is 275 Å². The predicted octanol–water partition coefficient (Wildman–Crippen LogP) is 9.39. The fourth-order valence-electron chi connectivity index (χ4n) is 6.09. The molecule has 0 saturated heterocycles. The third kappa shape index (κ3) is 8.23. The van der Waals surface area contributed by atoms with E-state index >= 15 is 0 Å². The molecule has 0 radical (unpaired) electrons. The molecule has 1 aliphatic rings. The molecule has 5 rings (SSSR count). The van der Waals surface area contributed by atoms with Crippen molar-refractivity contribution in [1.82, 2.24) is 20.2 Å². The average Bonchev–Trinajstić information content (AvgIpc) is 3.45. The number of anilines is 1. The number of benzene rings is 3. The first-order chi connectivity index (χ1) is 22.9. The van der Waals surface area contributed by atoms with E-state index in [-0.39, 0.29) is 35.1 Å². The minimum atomic E-state index is -5.09. The largest absolute Gasteiger partial charge is 0.416 e. The van der Waals surface area contributed by atoms with Crippen LogP contribution in [0.25, 0.3) is 5.57 Å². The van der Waals surface area contributed by atoms with Crippen molar-refractivity contribution in [3.63, 3.8) is 0 Å². The lowest BCUT2D eigenvalue weighted by Crippen LogP contribution is -2.31. The van der Waals surface area contributed by atoms with Crippen LogP contribution in [-0.4, -0.2) is 20.2 Å². The smallest absolute Gasteiger partial charge is 0.327 e. The first-order valence-corrected chi connectivity index (χ1v) is 15.1. The van der Waals surface area contributed by atoms with Gasteiger partial charge >= 0.3 is 18.5 Å². The van der Waals surface area contributed by atoms with Crippen molar-refractivity contribution in [3.8, 4) is 6.07 Å². The molecule has 1 atom stereocenters. The summed E-state index contributed by atoms with van der Waals surface area (Å²) in [6.45, 7) is 0.756. The minimum absolute atomic E-state index is 0.0327. The van der Waals surface area contributed by atoms with Gasteiger partial charge in [0, 0.05) is 6.54 Å². The van der Waals surface area contributed by atoms with Gasteiger partial charge in [0.15, 0.2) is 0 Å². The first kappa shape index (κ1) is 35.4. The molecule has 1 aliphatic carbocycles. The van der Waals surface area contributed by atoms with E-state index in [1.807, 2.05) is 6.08 Å². The maximum Gasteiger partial charge on any atom is 0.416 e. The summed E-state index contributed by atoms with van der Waals surface area (Å²) >= 11 is 0. The van der Waals surface area contributed by atoms with E-state index in [0.717, 1.165) is 16.4 Å². The fraction of sp³-hybridized carbons (Fsp3) is 0.353. The predicted molar refractivity (Wildman–Crippen MR) is 162 cm³/mol. The Morgan fingerprint density at radius 1 is 0.878 bits per heavy atom. The number of aryl methyl sites for hydroxylation is 3. The summed E-state index contributed by atoms with van der Waals surface area (Å²) in [6, 6.07) is 11.7. The highest BCUT2D eigenvalue weighted by atomic mass is 19.4. The lowest BCUT2D eigenvalue weighted by Gasteiger charge is -2.35. The van der Waals surface area contributed by atoms with E-state index in [1.165, 1.54) is 24.9 Å². The molecule has 1 heterocycles. The molecule has 6 nitrogen and oxygen atoms in total. The van der Waals surface area contributed by atoms with Crippen LogP contribution in [0, 0.1) is 18.3 Å². The van der Waals surface area contributed by atoms with Gasteiger partial charge in [-0.1, -0.05) is 29.4 Å². The van der Waals surface area contributed by atoms with Crippen LogP contribution in [0.5, 0.6) is 0 Å². The van der Waals surface area contributed by atoms with Gasteiger partial charge in [0.2, 0.25) is 0 Å². The van der Waals surface area contributed by atoms with Gasteiger partial charge in [-0.3, -0.25) is 0 Å². The summed E-state index contributed by atoms with van der Waals surface area (Å²) in [5.74, 6) is -0.124. The molecule has 15 heteroatoms. The zero-order valence-electron chi connectivity index (χ0n) is 26.2. The van der Waals surface area contributed by atoms with Gasteiger partial charge in [-0.2, -0.15) is 49.6 Å². The minimum Gasteiger partial charge on any atom is -0.327 e. The number of nitrogens with zero attached hydrogens (tertiary/aromatic N) is 6. The summed E-state index contributed by atoms with van der Waals surface area (Å²) < 4.78 is 125. The number of alkyl halides is 9. The molecular formula is C34H29F9N6. The normalized spacial score (nSPS) is 16.6. The number of nitriles is 1. The van der Waals surface area contributed by atoms with Crippen LogP contribution in [-0.2, 0) is 38.5 Å². The second kappa shape index (κ2) is 13.6. The summed E-state index contributed by atoms with van der Waals surface area (Å²) in [7, 11) is 1.43. The van der Waals surface area contributed by atoms with Crippen LogP contribution in [0.3, 0.4) is 0 Å². The molecule has 49 heavy (non-hydrogen) atoms. The van der Waals surface area contributed by atoms with Crippen molar-refractivity contribution in [1.29, 1.82) is 5.26 Å².